The molecule has 0 radical (unpaired) electrons. The summed E-state index contributed by atoms with van der Waals surface area (Å²) in [7, 11) is 0. The smallest absolute Gasteiger partial charge is 0.251 e. The second-order valence-corrected chi connectivity index (χ2v) is 6.85. The Bertz CT molecular complexity index is 668. The van der Waals surface area contributed by atoms with Crippen LogP contribution in [0.4, 0.5) is 70.2 Å². The molecule has 0 N–H and O–H groups in total. The first-order chi connectivity index (χ1) is 13.1. The number of hydrogen-bond donors (Lipinski definition) is 0. The monoisotopic (exact) mass is 502 g/mol. The van der Waals surface area contributed by atoms with Crippen LogP contribution in [0.3, 0.4) is 0 Å². The molecule has 0 aromatic carbocycles. The minimum absolute atomic E-state index is 0.795. The molecule has 4 atom stereocenters. The average Bonchev–Trinajstić information content (AvgIpc) is 2.49. The van der Waals surface area contributed by atoms with Crippen molar-refractivity contribution in [3.05, 3.63) is 0 Å². The second kappa shape index (κ2) is 6.66. The van der Waals surface area contributed by atoms with Gasteiger partial charge < -0.3 is 0 Å². The van der Waals surface area contributed by atoms with E-state index in [4.69, 9.17) is 0 Å². The Morgan fingerprint density at radius 3 is 1.29 bits per heavy atom. The van der Waals surface area contributed by atoms with Crippen LogP contribution in [0.1, 0.15) is 20.8 Å². The molecule has 18 heteroatoms. The maximum Gasteiger partial charge on any atom is 0.453 e. The van der Waals surface area contributed by atoms with Crippen molar-refractivity contribution in [3.63, 3.8) is 0 Å². The number of halogens is 16. The highest BCUT2D eigenvalue weighted by Gasteiger charge is 2.99. The van der Waals surface area contributed by atoms with Crippen LogP contribution in [0.15, 0.2) is 0 Å². The molecule has 0 spiro atoms. The molecule has 0 aromatic rings. The van der Waals surface area contributed by atoms with Crippen LogP contribution in [0.2, 0.25) is 0 Å². The molecule has 1 rings (SSSR count). The minimum atomic E-state index is -7.55. The van der Waals surface area contributed by atoms with Gasteiger partial charge in [-0.25, -0.2) is 22.3 Å². The number of hydrogen-bond acceptors (Lipinski definition) is 2. The summed E-state index contributed by atoms with van der Waals surface area (Å²) in [5.74, 6) is -13.5. The van der Waals surface area contributed by atoms with Gasteiger partial charge in [-0.2, -0.15) is 52.7 Å². The predicted molar refractivity (Wildman–Crippen MR) is 65.3 cm³/mol. The molecule has 1 aliphatic carbocycles. The van der Waals surface area contributed by atoms with Crippen molar-refractivity contribution in [1.29, 1.82) is 0 Å². The number of ether oxygens (including phenoxy) is 2. The molecule has 0 aromatic heterocycles. The summed E-state index contributed by atoms with van der Waals surface area (Å²) in [5, 5.41) is 0. The quantitative estimate of drug-likeness (QED) is 0.403. The Morgan fingerprint density at radius 2 is 0.935 bits per heavy atom. The maximum atomic E-state index is 14.8. The van der Waals surface area contributed by atoms with Crippen LogP contribution < -0.4 is 0 Å². The molecule has 0 bridgehead atoms. The summed E-state index contributed by atoms with van der Waals surface area (Å²) >= 11 is 0. The van der Waals surface area contributed by atoms with Crippen LogP contribution in [-0.4, -0.2) is 59.5 Å². The third-order valence-electron chi connectivity index (χ3n) is 4.96. The Labute approximate surface area is 161 Å². The van der Waals surface area contributed by atoms with E-state index in [0.29, 0.717) is 0 Å². The van der Waals surface area contributed by atoms with Gasteiger partial charge in [-0.05, 0) is 20.8 Å². The first-order valence-corrected chi connectivity index (χ1v) is 7.43. The fourth-order valence-corrected chi connectivity index (χ4v) is 2.79. The predicted octanol–water partition coefficient (Wildman–Crippen LogP) is 6.20. The molecular formula is C13H10F16O2. The van der Waals surface area contributed by atoms with Gasteiger partial charge in [0.15, 0.2) is 0 Å². The SMILES string of the molecule is CC1(F)C(C)(F)C(F)(F)C(F)(C(F)(F)OC(F)(F)C(F)(F)OC(F)F)C(C)(F)C1(F)F. The summed E-state index contributed by atoms with van der Waals surface area (Å²) < 4.78 is 222. The average molecular weight is 502 g/mol. The topological polar surface area (TPSA) is 18.5 Å². The molecule has 31 heavy (non-hydrogen) atoms. The lowest BCUT2D eigenvalue weighted by atomic mass is 9.58. The summed E-state index contributed by atoms with van der Waals surface area (Å²) in [4.78, 5) is 0. The van der Waals surface area contributed by atoms with Crippen molar-refractivity contribution in [2.45, 2.75) is 80.2 Å². The summed E-state index contributed by atoms with van der Waals surface area (Å²) in [5.41, 5.74) is -25.0. The zero-order valence-electron chi connectivity index (χ0n) is 14.9. The van der Waals surface area contributed by atoms with Gasteiger partial charge in [0.25, 0.3) is 0 Å². The highest BCUT2D eigenvalue weighted by atomic mass is 19.3. The van der Waals surface area contributed by atoms with Gasteiger partial charge in [-0.1, -0.05) is 0 Å². The van der Waals surface area contributed by atoms with E-state index < -0.39 is 80.2 Å². The first-order valence-electron chi connectivity index (χ1n) is 7.43. The van der Waals surface area contributed by atoms with E-state index in [1.807, 2.05) is 4.74 Å². The van der Waals surface area contributed by atoms with Gasteiger partial charge in [0.2, 0.25) is 17.0 Å². The molecule has 186 valence electrons. The van der Waals surface area contributed by atoms with Crippen molar-refractivity contribution in [2.75, 3.05) is 0 Å². The molecule has 1 saturated carbocycles. The minimum Gasteiger partial charge on any atom is -0.251 e. The molecule has 0 heterocycles. The molecule has 0 amide bonds. The maximum absolute atomic E-state index is 14.8. The van der Waals surface area contributed by atoms with Gasteiger partial charge in [-0.3, -0.25) is 4.74 Å². The van der Waals surface area contributed by atoms with Crippen molar-refractivity contribution in [1.82, 2.24) is 0 Å². The summed E-state index contributed by atoms with van der Waals surface area (Å²) in [6, 6.07) is 0. The Hall–Kier alpha value is -1.20. The third-order valence-corrected chi connectivity index (χ3v) is 4.96. The lowest BCUT2D eigenvalue weighted by Gasteiger charge is -2.59. The third kappa shape index (κ3) is 3.09. The molecule has 4 unspecified atom stereocenters. The van der Waals surface area contributed by atoms with E-state index in [-0.39, 0.29) is 0 Å². The molecular weight excluding hydrogens is 492 g/mol. The molecule has 1 fully saturated rings. The van der Waals surface area contributed by atoms with Gasteiger partial charge in [0, 0.05) is 0 Å². The van der Waals surface area contributed by atoms with Crippen LogP contribution in [-0.2, 0) is 9.47 Å². The van der Waals surface area contributed by atoms with E-state index in [1.54, 1.807) is 4.74 Å². The van der Waals surface area contributed by atoms with Crippen LogP contribution in [0, 0.1) is 0 Å². The molecule has 0 aliphatic heterocycles. The van der Waals surface area contributed by atoms with E-state index in [2.05, 4.69) is 0 Å². The lowest BCUT2D eigenvalue weighted by molar-refractivity contribution is -0.536. The van der Waals surface area contributed by atoms with E-state index in [0.717, 1.165) is 0 Å². The van der Waals surface area contributed by atoms with Crippen LogP contribution in [0.5, 0.6) is 0 Å². The largest absolute Gasteiger partial charge is 0.453 e. The van der Waals surface area contributed by atoms with Crippen LogP contribution >= 0.6 is 0 Å². The van der Waals surface area contributed by atoms with Gasteiger partial charge in [0.1, 0.15) is 0 Å². The van der Waals surface area contributed by atoms with Gasteiger partial charge in [-0.15, -0.1) is 0 Å². The number of alkyl halides is 16. The van der Waals surface area contributed by atoms with Crippen molar-refractivity contribution >= 4 is 0 Å². The van der Waals surface area contributed by atoms with Crippen LogP contribution in [0.25, 0.3) is 0 Å². The summed E-state index contributed by atoms with van der Waals surface area (Å²) in [6.07, 6.45) is -21.6. The highest BCUT2D eigenvalue weighted by molar-refractivity contribution is 5.33. The molecule has 0 saturated heterocycles. The van der Waals surface area contributed by atoms with Crippen molar-refractivity contribution in [2.24, 2.45) is 0 Å². The Balaban J connectivity index is 3.79. The fourth-order valence-electron chi connectivity index (χ4n) is 2.79. The van der Waals surface area contributed by atoms with E-state index >= 15 is 0 Å². The summed E-state index contributed by atoms with van der Waals surface area (Å²) in [6.45, 7) is -7.85. The van der Waals surface area contributed by atoms with E-state index in [1.165, 1.54) is 0 Å². The van der Waals surface area contributed by atoms with Gasteiger partial charge in [0.05, 0.1) is 0 Å². The first kappa shape index (κ1) is 27.8. The van der Waals surface area contributed by atoms with E-state index in [9.17, 15) is 70.2 Å². The molecule has 1 aliphatic rings. The number of rotatable bonds is 6. The lowest BCUT2D eigenvalue weighted by Crippen LogP contribution is -2.88. The fraction of sp³-hybridized carbons (Fsp3) is 1.00. The Kier molecular flexibility index (Phi) is 5.98. The van der Waals surface area contributed by atoms with Crippen molar-refractivity contribution < 1.29 is 79.7 Å². The highest BCUT2D eigenvalue weighted by Crippen LogP contribution is 2.71. The molecule has 2 nitrogen and oxygen atoms in total. The van der Waals surface area contributed by atoms with Crippen molar-refractivity contribution in [3.8, 4) is 0 Å². The standard InChI is InChI=1S/C13H10F16O2/c1-5(16)6(2,17)10(22,23)8(19,7(3,18)9(5,20)21)11(24,25)31-13(28,29)12(26,27)30-4(14)15/h4H,1-3H3. The zero-order valence-corrected chi connectivity index (χ0v) is 14.9. The normalized spacial score (nSPS) is 39.1. The van der Waals surface area contributed by atoms with Gasteiger partial charge >= 0.3 is 42.5 Å². The Morgan fingerprint density at radius 1 is 0.581 bits per heavy atom. The second-order valence-electron chi connectivity index (χ2n) is 6.85. The zero-order chi connectivity index (χ0) is 25.5.